The van der Waals surface area contributed by atoms with E-state index < -0.39 is 35.2 Å². The summed E-state index contributed by atoms with van der Waals surface area (Å²) in [7, 11) is 0. The predicted octanol–water partition coefficient (Wildman–Crippen LogP) is 6.13. The van der Waals surface area contributed by atoms with Crippen LogP contribution in [0.3, 0.4) is 0 Å². The van der Waals surface area contributed by atoms with Gasteiger partial charge in [0.25, 0.3) is 0 Å². The van der Waals surface area contributed by atoms with Crippen molar-refractivity contribution >= 4 is 23.2 Å². The number of piperidine rings is 1. The number of aromatic nitrogens is 4. The summed E-state index contributed by atoms with van der Waals surface area (Å²) in [5.74, 6) is -3.13. The molecule has 2 N–H and O–H groups in total. The zero-order valence-electron chi connectivity index (χ0n) is 26.1. The standard InChI is InChI=1S/C34H38F2N6O4/c1-34(2,3)42(33(45)46)30-23(22-7-4-9-25(35)28(22)36)12-11-20(29-24(30)8-5-15-37-29)19-27(43)40-17-13-21(14-18-40)41-26-10-6-16-38-31(26)39-32(41)44/h4-10,15-16,20-21,23,30H,11-14,17-19H2,1-3H3,(H,45,46)(H,38,39,44)/t20-,23+,30-/m0/s1. The van der Waals surface area contributed by atoms with Crippen molar-refractivity contribution in [3.8, 4) is 0 Å². The van der Waals surface area contributed by atoms with E-state index in [9.17, 15) is 23.9 Å². The van der Waals surface area contributed by atoms with Crippen LogP contribution in [0.4, 0.5) is 13.6 Å². The lowest BCUT2D eigenvalue weighted by molar-refractivity contribution is -0.133. The summed E-state index contributed by atoms with van der Waals surface area (Å²) >= 11 is 0. The first kappa shape index (κ1) is 31.4. The summed E-state index contributed by atoms with van der Waals surface area (Å²) in [4.78, 5) is 54.2. The number of hydrogen-bond donors (Lipinski definition) is 2. The van der Waals surface area contributed by atoms with Gasteiger partial charge >= 0.3 is 11.8 Å². The Labute approximate surface area is 265 Å². The fourth-order valence-corrected chi connectivity index (χ4v) is 7.42. The molecule has 0 unspecified atom stereocenters. The van der Waals surface area contributed by atoms with E-state index in [1.807, 2.05) is 11.0 Å². The van der Waals surface area contributed by atoms with Crippen LogP contribution in [0.25, 0.3) is 11.2 Å². The SMILES string of the molecule is CC(C)(C)N(C(=O)O)[C@@H]1c2cccnc2[C@H](CC(=O)N2CCC(n3c(=O)[nH]c4ncccc43)CC2)CC[C@@H]1c1cccc(F)c1F. The molecule has 4 heterocycles. The van der Waals surface area contributed by atoms with E-state index >= 15 is 4.39 Å². The molecule has 6 rings (SSSR count). The lowest BCUT2D eigenvalue weighted by Crippen LogP contribution is -2.49. The van der Waals surface area contributed by atoms with Gasteiger partial charge in [0, 0.05) is 61.0 Å². The predicted molar refractivity (Wildman–Crippen MR) is 167 cm³/mol. The second-order valence-corrected chi connectivity index (χ2v) is 13.3. The number of nitrogens with zero attached hydrogens (tertiary/aromatic N) is 5. The number of pyridine rings is 2. The Hall–Kier alpha value is -4.61. The van der Waals surface area contributed by atoms with Crippen LogP contribution in [-0.4, -0.2) is 65.1 Å². The summed E-state index contributed by atoms with van der Waals surface area (Å²) < 4.78 is 31.6. The molecule has 12 heteroatoms. The van der Waals surface area contributed by atoms with Crippen LogP contribution in [0.1, 0.15) is 93.6 Å². The molecule has 1 aliphatic carbocycles. The number of H-pyrrole nitrogens is 1. The van der Waals surface area contributed by atoms with Gasteiger partial charge in [-0.2, -0.15) is 0 Å². The zero-order chi connectivity index (χ0) is 32.7. The van der Waals surface area contributed by atoms with E-state index in [1.165, 1.54) is 17.0 Å². The van der Waals surface area contributed by atoms with Gasteiger partial charge in [-0.25, -0.2) is 23.4 Å². The number of imidazole rings is 1. The van der Waals surface area contributed by atoms with Crippen molar-refractivity contribution in [3.05, 3.63) is 93.8 Å². The first-order chi connectivity index (χ1) is 22.0. The van der Waals surface area contributed by atoms with Gasteiger partial charge in [-0.15, -0.1) is 0 Å². The quantitative estimate of drug-likeness (QED) is 0.255. The van der Waals surface area contributed by atoms with Gasteiger partial charge < -0.3 is 10.0 Å². The average Bonchev–Trinajstić information content (AvgIpc) is 3.28. The normalized spacial score (nSPS) is 20.7. The number of nitrogens with one attached hydrogen (secondary N) is 1. The highest BCUT2D eigenvalue weighted by atomic mass is 19.2. The molecule has 1 aliphatic heterocycles. The molecule has 0 radical (unpaired) electrons. The minimum absolute atomic E-state index is 0.0640. The van der Waals surface area contributed by atoms with Crippen molar-refractivity contribution in [2.24, 2.45) is 0 Å². The van der Waals surface area contributed by atoms with Crippen LogP contribution >= 0.6 is 0 Å². The molecule has 46 heavy (non-hydrogen) atoms. The van der Waals surface area contributed by atoms with Gasteiger partial charge in [-0.05, 0) is 81.8 Å². The molecule has 2 amide bonds. The van der Waals surface area contributed by atoms with Gasteiger partial charge in [0.2, 0.25) is 5.91 Å². The van der Waals surface area contributed by atoms with E-state index in [-0.39, 0.29) is 35.5 Å². The molecular formula is C34H38F2N6O4. The van der Waals surface area contributed by atoms with Crippen molar-refractivity contribution in [1.82, 2.24) is 29.3 Å². The Morgan fingerprint density at radius 2 is 1.67 bits per heavy atom. The average molecular weight is 633 g/mol. The minimum atomic E-state index is -1.18. The van der Waals surface area contributed by atoms with Crippen molar-refractivity contribution in [2.45, 2.75) is 82.3 Å². The fraction of sp³-hybridized carbons (Fsp3) is 0.441. The second kappa shape index (κ2) is 12.3. The molecule has 0 saturated carbocycles. The molecule has 1 aromatic carbocycles. The van der Waals surface area contributed by atoms with Crippen molar-refractivity contribution in [3.63, 3.8) is 0 Å². The van der Waals surface area contributed by atoms with Crippen LogP contribution in [0.5, 0.6) is 0 Å². The molecule has 242 valence electrons. The van der Waals surface area contributed by atoms with E-state index in [0.29, 0.717) is 55.7 Å². The monoisotopic (exact) mass is 632 g/mol. The Balaban J connectivity index is 1.28. The van der Waals surface area contributed by atoms with Crippen molar-refractivity contribution in [1.29, 1.82) is 0 Å². The third-order valence-corrected chi connectivity index (χ3v) is 9.47. The molecular weight excluding hydrogens is 594 g/mol. The largest absolute Gasteiger partial charge is 0.465 e. The van der Waals surface area contributed by atoms with Gasteiger partial charge in [0.15, 0.2) is 17.3 Å². The molecule has 4 aromatic rings. The van der Waals surface area contributed by atoms with E-state index in [2.05, 4.69) is 15.0 Å². The topological polar surface area (TPSA) is 124 Å². The Bertz CT molecular complexity index is 1820. The summed E-state index contributed by atoms with van der Waals surface area (Å²) in [6.07, 6.45) is 4.17. The third kappa shape index (κ3) is 5.76. The number of halogens is 2. The fourth-order valence-electron chi connectivity index (χ4n) is 7.42. The molecule has 0 bridgehead atoms. The highest BCUT2D eigenvalue weighted by Gasteiger charge is 2.44. The molecule has 10 nitrogen and oxygen atoms in total. The van der Waals surface area contributed by atoms with Crippen molar-refractivity contribution in [2.75, 3.05) is 13.1 Å². The van der Waals surface area contributed by atoms with Crippen LogP contribution in [-0.2, 0) is 4.79 Å². The first-order valence-corrected chi connectivity index (χ1v) is 15.7. The maximum atomic E-state index is 15.4. The van der Waals surface area contributed by atoms with Crippen LogP contribution in [0.15, 0.2) is 59.7 Å². The molecule has 1 fully saturated rings. The smallest absolute Gasteiger partial charge is 0.408 e. The maximum absolute atomic E-state index is 15.4. The van der Waals surface area contributed by atoms with Gasteiger partial charge in [0.1, 0.15) is 0 Å². The molecule has 3 atom stereocenters. The van der Waals surface area contributed by atoms with Crippen LogP contribution in [0.2, 0.25) is 0 Å². The van der Waals surface area contributed by atoms with E-state index in [0.717, 1.165) is 11.6 Å². The van der Waals surface area contributed by atoms with E-state index in [4.69, 9.17) is 0 Å². The number of fused-ring (bicyclic) bond motifs is 2. The summed E-state index contributed by atoms with van der Waals surface area (Å²) in [6, 6.07) is 10.2. The Morgan fingerprint density at radius 1 is 0.978 bits per heavy atom. The van der Waals surface area contributed by atoms with Crippen molar-refractivity contribution < 1.29 is 23.5 Å². The van der Waals surface area contributed by atoms with Gasteiger partial charge in [0.05, 0.1) is 11.6 Å². The number of likely N-dealkylation sites (tertiary alicyclic amines) is 1. The zero-order valence-corrected chi connectivity index (χ0v) is 26.1. The van der Waals surface area contributed by atoms with E-state index in [1.54, 1.807) is 55.9 Å². The van der Waals surface area contributed by atoms with Crippen LogP contribution in [0, 0.1) is 11.6 Å². The molecule has 3 aromatic heterocycles. The summed E-state index contributed by atoms with van der Waals surface area (Å²) in [5, 5.41) is 10.5. The summed E-state index contributed by atoms with van der Waals surface area (Å²) in [6.45, 7) is 6.26. The first-order valence-electron chi connectivity index (χ1n) is 15.7. The lowest BCUT2D eigenvalue weighted by atomic mass is 9.82. The number of carboxylic acid groups (broad SMARTS) is 1. The number of aromatic amines is 1. The molecule has 0 spiro atoms. The number of hydrogen-bond acceptors (Lipinski definition) is 5. The minimum Gasteiger partial charge on any atom is -0.465 e. The highest BCUT2D eigenvalue weighted by Crippen LogP contribution is 2.49. The number of carbonyl (C=O) groups is 2. The Morgan fingerprint density at radius 3 is 2.39 bits per heavy atom. The Kier molecular flexibility index (Phi) is 8.39. The summed E-state index contributed by atoms with van der Waals surface area (Å²) in [5.41, 5.74) is 1.47. The van der Waals surface area contributed by atoms with Gasteiger partial charge in [-0.1, -0.05) is 18.2 Å². The lowest BCUT2D eigenvalue weighted by Gasteiger charge is -2.43. The van der Waals surface area contributed by atoms with Gasteiger partial charge in [-0.3, -0.25) is 24.2 Å². The second-order valence-electron chi connectivity index (χ2n) is 13.3. The van der Waals surface area contributed by atoms with Crippen LogP contribution < -0.4 is 5.69 Å². The number of benzene rings is 1. The molecule has 2 aliphatic rings. The molecule has 1 saturated heterocycles. The number of amides is 2. The number of carbonyl (C=O) groups excluding carboxylic acids is 1. The maximum Gasteiger partial charge on any atom is 0.408 e. The highest BCUT2D eigenvalue weighted by molar-refractivity contribution is 5.77. The number of rotatable bonds is 5. The third-order valence-electron chi connectivity index (χ3n) is 9.47.